The summed E-state index contributed by atoms with van der Waals surface area (Å²) >= 11 is 0. The molecule has 0 spiro atoms. The smallest absolute Gasteiger partial charge is 0.303 e. The zero-order chi connectivity index (χ0) is 21.7. The first kappa shape index (κ1) is 24.7. The van der Waals surface area contributed by atoms with E-state index in [1.54, 1.807) is 0 Å². The lowest BCUT2D eigenvalue weighted by Gasteiger charge is -2.60. The highest BCUT2D eigenvalue weighted by Gasteiger charge is 2.59. The molecule has 29 heavy (non-hydrogen) atoms. The third-order valence-electron chi connectivity index (χ3n) is 9.72. The maximum absolute atomic E-state index is 10.9. The van der Waals surface area contributed by atoms with Crippen LogP contribution in [0.2, 0.25) is 0 Å². The maximum atomic E-state index is 10.9. The second kappa shape index (κ2) is 10.7. The first-order valence-electron chi connectivity index (χ1n) is 13.2. The Bertz CT molecular complexity index is 515. The van der Waals surface area contributed by atoms with Crippen molar-refractivity contribution in [3.63, 3.8) is 0 Å². The maximum Gasteiger partial charge on any atom is 0.303 e. The largest absolute Gasteiger partial charge is 0.481 e. The van der Waals surface area contributed by atoms with Crippen molar-refractivity contribution >= 4 is 5.97 Å². The third kappa shape index (κ3) is 4.72. The zero-order valence-electron chi connectivity index (χ0n) is 20.4. The fraction of sp³-hybridized carbons (Fsp3) is 0.963. The minimum absolute atomic E-state index is 0.364. The summed E-state index contributed by atoms with van der Waals surface area (Å²) in [6.07, 6.45) is 17.0. The van der Waals surface area contributed by atoms with Crippen LogP contribution in [-0.2, 0) is 4.79 Å². The molecule has 4 fully saturated rings. The van der Waals surface area contributed by atoms with E-state index in [4.69, 9.17) is 5.11 Å². The number of fused-ring (bicyclic) bond motifs is 5. The van der Waals surface area contributed by atoms with Gasteiger partial charge in [0.25, 0.3) is 0 Å². The molecule has 1 N–H and O–H groups in total. The molecule has 2 nitrogen and oxygen atoms in total. The van der Waals surface area contributed by atoms with Gasteiger partial charge in [-0.15, -0.1) is 0 Å². The average Bonchev–Trinajstić information content (AvgIpc) is 3.07. The summed E-state index contributed by atoms with van der Waals surface area (Å²) in [6, 6.07) is 0. The molecule has 0 aromatic carbocycles. The van der Waals surface area contributed by atoms with Gasteiger partial charge in [-0.25, -0.2) is 0 Å². The molecule has 4 rings (SSSR count). The number of carboxylic acids is 1. The van der Waals surface area contributed by atoms with E-state index in [0.717, 1.165) is 42.4 Å². The van der Waals surface area contributed by atoms with E-state index in [1.165, 1.54) is 64.2 Å². The number of hydrogen-bond donors (Lipinski definition) is 1. The Morgan fingerprint density at radius 3 is 2.21 bits per heavy atom. The molecule has 0 aliphatic heterocycles. The van der Waals surface area contributed by atoms with Crippen LogP contribution in [0.5, 0.6) is 0 Å². The van der Waals surface area contributed by atoms with Crippen LogP contribution in [0.25, 0.3) is 0 Å². The number of carbonyl (C=O) groups is 1. The topological polar surface area (TPSA) is 37.3 Å². The van der Waals surface area contributed by atoms with Gasteiger partial charge in [0, 0.05) is 6.42 Å². The summed E-state index contributed by atoms with van der Waals surface area (Å²) in [5.41, 5.74) is 1.15. The van der Waals surface area contributed by atoms with E-state index in [2.05, 4.69) is 13.8 Å². The molecule has 0 heterocycles. The lowest BCUT2D eigenvalue weighted by atomic mass is 9.45. The summed E-state index contributed by atoms with van der Waals surface area (Å²) in [7, 11) is 0. The van der Waals surface area contributed by atoms with Gasteiger partial charge in [0.15, 0.2) is 0 Å². The summed E-state index contributed by atoms with van der Waals surface area (Å²) in [4.78, 5) is 10.9. The molecule has 0 radical (unpaired) electrons. The predicted molar refractivity (Wildman–Crippen MR) is 124 cm³/mol. The van der Waals surface area contributed by atoms with Crippen LogP contribution in [0.4, 0.5) is 0 Å². The minimum atomic E-state index is -0.619. The number of aliphatic carboxylic acids is 1. The quantitative estimate of drug-likeness (QED) is 0.509. The molecule has 7 unspecified atom stereocenters. The Labute approximate surface area is 181 Å². The van der Waals surface area contributed by atoms with Crippen molar-refractivity contribution in [3.8, 4) is 0 Å². The lowest BCUT2D eigenvalue weighted by Crippen LogP contribution is -2.52. The molecular weight excluding hydrogens is 356 g/mol. The number of carboxylic acid groups (broad SMARTS) is 1. The van der Waals surface area contributed by atoms with Crippen molar-refractivity contribution in [3.05, 3.63) is 0 Å². The van der Waals surface area contributed by atoms with E-state index in [0.29, 0.717) is 17.3 Å². The highest BCUT2D eigenvalue weighted by Crippen LogP contribution is 2.67. The first-order valence-corrected chi connectivity index (χ1v) is 13.2. The lowest BCUT2D eigenvalue weighted by molar-refractivity contribution is -0.137. The molecule has 2 heteroatoms. The summed E-state index contributed by atoms with van der Waals surface area (Å²) in [6.45, 7) is 13.2. The minimum Gasteiger partial charge on any atom is -0.481 e. The van der Waals surface area contributed by atoms with Crippen molar-refractivity contribution in [2.75, 3.05) is 0 Å². The highest BCUT2D eigenvalue weighted by atomic mass is 16.4. The van der Waals surface area contributed by atoms with Crippen LogP contribution in [0.1, 0.15) is 125 Å². The molecule has 4 aliphatic carbocycles. The standard InChI is InChI=1S/C23H38O2.2C2H6/c1-22-14-4-3-6-16(22)9-11-18-19-12-10-17(7-5-8-21(24)25)23(19,2)15-13-20(18)22;2*1-2/h16-20H,3-15H2,1-2H3,(H,24,25);2*1-2H3. The molecule has 0 bridgehead atoms. The van der Waals surface area contributed by atoms with Crippen molar-refractivity contribution in [1.29, 1.82) is 0 Å². The Balaban J connectivity index is 0.000000707. The summed E-state index contributed by atoms with van der Waals surface area (Å²) < 4.78 is 0. The second-order valence-corrected chi connectivity index (χ2v) is 10.5. The van der Waals surface area contributed by atoms with E-state index in [9.17, 15) is 4.79 Å². The fourth-order valence-electron chi connectivity index (χ4n) is 8.38. The van der Waals surface area contributed by atoms with E-state index < -0.39 is 5.97 Å². The average molecular weight is 407 g/mol. The summed E-state index contributed by atoms with van der Waals surface area (Å²) in [5.74, 6) is 4.08. The van der Waals surface area contributed by atoms with Crippen molar-refractivity contribution in [1.82, 2.24) is 0 Å². The molecule has 170 valence electrons. The third-order valence-corrected chi connectivity index (χ3v) is 9.72. The van der Waals surface area contributed by atoms with Gasteiger partial charge in [-0.2, -0.15) is 0 Å². The van der Waals surface area contributed by atoms with Crippen LogP contribution < -0.4 is 0 Å². The molecule has 0 aromatic rings. The van der Waals surface area contributed by atoms with Crippen LogP contribution in [0, 0.1) is 40.4 Å². The van der Waals surface area contributed by atoms with Crippen molar-refractivity contribution in [2.45, 2.75) is 125 Å². The van der Waals surface area contributed by atoms with E-state index >= 15 is 0 Å². The molecule has 0 saturated heterocycles. The molecule has 4 saturated carbocycles. The van der Waals surface area contributed by atoms with Gasteiger partial charge in [-0.1, -0.05) is 54.4 Å². The van der Waals surface area contributed by atoms with Gasteiger partial charge in [0.05, 0.1) is 0 Å². The SMILES string of the molecule is CC.CC.CC12CCCCC1CCC1C2CCC2(C)C(CCCC(=O)O)CCC12. The van der Waals surface area contributed by atoms with Gasteiger partial charge in [0.2, 0.25) is 0 Å². The fourth-order valence-corrected chi connectivity index (χ4v) is 8.38. The monoisotopic (exact) mass is 406 g/mol. The Kier molecular flexibility index (Phi) is 9.10. The zero-order valence-corrected chi connectivity index (χ0v) is 20.4. The first-order chi connectivity index (χ1) is 13.9. The van der Waals surface area contributed by atoms with Crippen molar-refractivity contribution in [2.24, 2.45) is 40.4 Å². The molecule has 0 aromatic heterocycles. The van der Waals surface area contributed by atoms with Crippen LogP contribution in [0.15, 0.2) is 0 Å². The predicted octanol–water partition coefficient (Wildman–Crippen LogP) is 8.34. The van der Waals surface area contributed by atoms with Gasteiger partial charge in [-0.3, -0.25) is 4.79 Å². The van der Waals surface area contributed by atoms with Crippen LogP contribution in [-0.4, -0.2) is 11.1 Å². The van der Waals surface area contributed by atoms with Gasteiger partial charge in [-0.05, 0) is 105 Å². The van der Waals surface area contributed by atoms with E-state index in [-0.39, 0.29) is 0 Å². The summed E-state index contributed by atoms with van der Waals surface area (Å²) in [5, 5.41) is 8.98. The molecule has 4 aliphatic rings. The Hall–Kier alpha value is -0.530. The normalized spacial score (nSPS) is 42.8. The van der Waals surface area contributed by atoms with Gasteiger partial charge in [0.1, 0.15) is 0 Å². The molecular formula is C27H50O2. The van der Waals surface area contributed by atoms with E-state index in [1.807, 2.05) is 27.7 Å². The Morgan fingerprint density at radius 2 is 1.52 bits per heavy atom. The second-order valence-electron chi connectivity index (χ2n) is 10.5. The van der Waals surface area contributed by atoms with Crippen LogP contribution >= 0.6 is 0 Å². The van der Waals surface area contributed by atoms with Gasteiger partial charge >= 0.3 is 5.97 Å². The Morgan fingerprint density at radius 1 is 0.828 bits per heavy atom. The van der Waals surface area contributed by atoms with Crippen LogP contribution in [0.3, 0.4) is 0 Å². The highest BCUT2D eigenvalue weighted by molar-refractivity contribution is 5.66. The number of hydrogen-bond acceptors (Lipinski definition) is 1. The molecule has 0 amide bonds. The molecule has 7 atom stereocenters. The van der Waals surface area contributed by atoms with Crippen molar-refractivity contribution < 1.29 is 9.90 Å². The number of rotatable bonds is 4. The van der Waals surface area contributed by atoms with Gasteiger partial charge < -0.3 is 5.11 Å².